The summed E-state index contributed by atoms with van der Waals surface area (Å²) in [7, 11) is 0. The second-order valence-electron chi connectivity index (χ2n) is 7.05. The quantitative estimate of drug-likeness (QED) is 0.681. The summed E-state index contributed by atoms with van der Waals surface area (Å²) < 4.78 is 15.4. The summed E-state index contributed by atoms with van der Waals surface area (Å²) in [6.07, 6.45) is 7.51. The largest absolute Gasteiger partial charge is 0.383 e. The first kappa shape index (κ1) is 17.9. The van der Waals surface area contributed by atoms with Gasteiger partial charge in [0.1, 0.15) is 11.6 Å². The molecule has 2 heterocycles. The number of carbonyl (C=O) groups excluding carboxylic acids is 1. The fourth-order valence-electron chi connectivity index (χ4n) is 3.96. The summed E-state index contributed by atoms with van der Waals surface area (Å²) >= 11 is 1.39. The second-order valence-corrected chi connectivity index (χ2v) is 7.94. The van der Waals surface area contributed by atoms with E-state index in [1.54, 1.807) is 16.9 Å². The first-order valence-electron chi connectivity index (χ1n) is 9.24. The van der Waals surface area contributed by atoms with E-state index in [1.165, 1.54) is 29.9 Å². The lowest BCUT2D eigenvalue weighted by atomic mass is 9.82. The molecular formula is C19H22FN5OS. The van der Waals surface area contributed by atoms with Gasteiger partial charge in [-0.1, -0.05) is 19.3 Å². The van der Waals surface area contributed by atoms with Crippen LogP contribution in [0.5, 0.6) is 0 Å². The van der Waals surface area contributed by atoms with Crippen molar-refractivity contribution in [3.63, 3.8) is 0 Å². The molecule has 2 aromatic heterocycles. The molecule has 3 aromatic rings. The van der Waals surface area contributed by atoms with Gasteiger partial charge < -0.3 is 11.1 Å². The summed E-state index contributed by atoms with van der Waals surface area (Å²) in [5.41, 5.74) is 6.97. The minimum atomic E-state index is -0.343. The zero-order chi connectivity index (χ0) is 18.8. The van der Waals surface area contributed by atoms with E-state index in [4.69, 9.17) is 5.73 Å². The van der Waals surface area contributed by atoms with Crippen LogP contribution < -0.4 is 11.1 Å². The van der Waals surface area contributed by atoms with E-state index >= 15 is 0 Å². The normalized spacial score (nSPS) is 16.5. The van der Waals surface area contributed by atoms with Crippen LogP contribution in [0.15, 0.2) is 29.8 Å². The number of rotatable bonds is 5. The summed E-state index contributed by atoms with van der Waals surface area (Å²) in [6.45, 7) is 0. The van der Waals surface area contributed by atoms with E-state index in [2.05, 4.69) is 15.4 Å². The molecule has 1 atom stereocenters. The summed E-state index contributed by atoms with van der Waals surface area (Å²) in [5, 5.41) is 10.5. The number of halogens is 1. The molecule has 1 aliphatic carbocycles. The molecule has 1 saturated carbocycles. The summed E-state index contributed by atoms with van der Waals surface area (Å²) in [5.74, 6) is 0.291. The van der Waals surface area contributed by atoms with Gasteiger partial charge in [0, 0.05) is 23.4 Å². The van der Waals surface area contributed by atoms with Crippen molar-refractivity contribution >= 4 is 39.1 Å². The lowest BCUT2D eigenvalue weighted by Gasteiger charge is -2.30. The van der Waals surface area contributed by atoms with Gasteiger partial charge in [0.2, 0.25) is 5.91 Å². The Morgan fingerprint density at radius 1 is 1.37 bits per heavy atom. The number of carbonyl (C=O) groups is 1. The van der Waals surface area contributed by atoms with Crippen LogP contribution in [0.4, 0.5) is 15.3 Å². The van der Waals surface area contributed by atoms with Crippen LogP contribution in [0, 0.1) is 11.7 Å². The smallest absolute Gasteiger partial charge is 0.228 e. The number of fused-ring (bicyclic) bond motifs is 1. The van der Waals surface area contributed by atoms with E-state index < -0.39 is 0 Å². The van der Waals surface area contributed by atoms with Crippen molar-refractivity contribution in [2.75, 3.05) is 11.1 Å². The fourth-order valence-corrected chi connectivity index (χ4v) is 4.51. The van der Waals surface area contributed by atoms with Gasteiger partial charge in [-0.05, 0) is 37.0 Å². The minimum Gasteiger partial charge on any atom is -0.383 e. The van der Waals surface area contributed by atoms with Gasteiger partial charge in [-0.15, -0.1) is 11.3 Å². The van der Waals surface area contributed by atoms with E-state index in [1.807, 2.05) is 5.38 Å². The van der Waals surface area contributed by atoms with Gasteiger partial charge in [0.15, 0.2) is 5.13 Å². The predicted octanol–water partition coefficient (Wildman–Crippen LogP) is 4.36. The Hall–Kier alpha value is -2.48. The van der Waals surface area contributed by atoms with Crippen molar-refractivity contribution in [3.8, 4) is 0 Å². The lowest BCUT2D eigenvalue weighted by molar-refractivity contribution is -0.117. The van der Waals surface area contributed by atoms with Crippen molar-refractivity contribution in [3.05, 3.63) is 35.6 Å². The number of nitrogen functional groups attached to an aromatic ring is 1. The molecule has 1 aliphatic rings. The maximum atomic E-state index is 13.6. The number of amides is 1. The van der Waals surface area contributed by atoms with Crippen molar-refractivity contribution < 1.29 is 9.18 Å². The first-order chi connectivity index (χ1) is 13.1. The molecule has 4 rings (SSSR count). The average molecular weight is 387 g/mol. The SMILES string of the molecule is Nc1c2cc(F)ccc2nn1C(CC(=O)Nc1nccs1)C1CCCCC1. The summed E-state index contributed by atoms with van der Waals surface area (Å²) in [6, 6.07) is 4.26. The number of anilines is 2. The van der Waals surface area contributed by atoms with E-state index in [0.717, 1.165) is 25.7 Å². The zero-order valence-electron chi connectivity index (χ0n) is 14.9. The highest BCUT2D eigenvalue weighted by Crippen LogP contribution is 2.37. The first-order valence-corrected chi connectivity index (χ1v) is 10.1. The van der Waals surface area contributed by atoms with Crippen LogP contribution in [0.3, 0.4) is 0 Å². The number of nitrogens with two attached hydrogens (primary N) is 1. The van der Waals surface area contributed by atoms with Crippen LogP contribution in [-0.2, 0) is 4.79 Å². The molecule has 0 aliphatic heterocycles. The minimum absolute atomic E-state index is 0.106. The fraction of sp³-hybridized carbons (Fsp3) is 0.421. The molecule has 1 unspecified atom stereocenters. The van der Waals surface area contributed by atoms with Crippen LogP contribution in [-0.4, -0.2) is 20.7 Å². The van der Waals surface area contributed by atoms with Crippen molar-refractivity contribution in [1.82, 2.24) is 14.8 Å². The molecule has 6 nitrogen and oxygen atoms in total. The van der Waals surface area contributed by atoms with Crippen LogP contribution >= 0.6 is 11.3 Å². The molecule has 0 radical (unpaired) electrons. The van der Waals surface area contributed by atoms with E-state index in [-0.39, 0.29) is 24.2 Å². The molecule has 1 amide bonds. The van der Waals surface area contributed by atoms with Crippen LogP contribution in [0.25, 0.3) is 10.9 Å². The third kappa shape index (κ3) is 3.80. The number of hydrogen-bond donors (Lipinski definition) is 2. The molecule has 1 fully saturated rings. The van der Waals surface area contributed by atoms with E-state index in [9.17, 15) is 9.18 Å². The maximum absolute atomic E-state index is 13.6. The molecule has 27 heavy (non-hydrogen) atoms. The number of nitrogens with one attached hydrogen (secondary N) is 1. The Morgan fingerprint density at radius 3 is 2.93 bits per heavy atom. The third-order valence-corrected chi connectivity index (χ3v) is 5.97. The Balaban J connectivity index is 1.65. The Labute approximate surface area is 160 Å². The molecule has 0 saturated heterocycles. The number of benzene rings is 1. The number of aromatic nitrogens is 3. The monoisotopic (exact) mass is 387 g/mol. The van der Waals surface area contributed by atoms with Crippen molar-refractivity contribution in [2.24, 2.45) is 5.92 Å². The molecular weight excluding hydrogens is 365 g/mol. The topological polar surface area (TPSA) is 85.8 Å². The summed E-state index contributed by atoms with van der Waals surface area (Å²) in [4.78, 5) is 16.7. The third-order valence-electron chi connectivity index (χ3n) is 5.28. The van der Waals surface area contributed by atoms with Crippen LogP contribution in [0.2, 0.25) is 0 Å². The zero-order valence-corrected chi connectivity index (χ0v) is 15.7. The van der Waals surface area contributed by atoms with Crippen molar-refractivity contribution in [1.29, 1.82) is 0 Å². The molecule has 1 aromatic carbocycles. The maximum Gasteiger partial charge on any atom is 0.228 e. The highest BCUT2D eigenvalue weighted by Gasteiger charge is 2.30. The van der Waals surface area contributed by atoms with E-state index in [0.29, 0.717) is 27.8 Å². The van der Waals surface area contributed by atoms with Gasteiger partial charge in [-0.3, -0.25) is 4.79 Å². The van der Waals surface area contributed by atoms with Gasteiger partial charge in [-0.2, -0.15) is 5.10 Å². The highest BCUT2D eigenvalue weighted by atomic mass is 32.1. The number of nitrogens with zero attached hydrogens (tertiary/aromatic N) is 3. The van der Waals surface area contributed by atoms with Gasteiger partial charge in [0.05, 0.1) is 11.6 Å². The molecule has 3 N–H and O–H groups in total. The van der Waals surface area contributed by atoms with Gasteiger partial charge in [-0.25, -0.2) is 14.1 Å². The van der Waals surface area contributed by atoms with Crippen LogP contribution in [0.1, 0.15) is 44.6 Å². The molecule has 0 bridgehead atoms. The second kappa shape index (κ2) is 7.64. The predicted molar refractivity (Wildman–Crippen MR) is 105 cm³/mol. The van der Waals surface area contributed by atoms with Gasteiger partial charge in [0.25, 0.3) is 0 Å². The number of hydrogen-bond acceptors (Lipinski definition) is 5. The molecule has 142 valence electrons. The molecule has 0 spiro atoms. The Bertz CT molecular complexity index is 933. The molecule has 8 heteroatoms. The Morgan fingerprint density at radius 2 is 2.19 bits per heavy atom. The highest BCUT2D eigenvalue weighted by molar-refractivity contribution is 7.13. The number of thiazole rings is 1. The Kier molecular flexibility index (Phi) is 5.07. The van der Waals surface area contributed by atoms with Gasteiger partial charge >= 0.3 is 0 Å². The average Bonchev–Trinajstić information content (AvgIpc) is 3.29. The standard InChI is InChI=1S/C19H22FN5OS/c20-13-6-7-15-14(10-13)18(21)25(24-15)16(12-4-2-1-3-5-12)11-17(26)23-19-22-8-9-27-19/h6-10,12,16H,1-5,11,21H2,(H,22,23,26). The van der Waals surface area contributed by atoms with Crippen molar-refractivity contribution in [2.45, 2.75) is 44.6 Å². The lowest BCUT2D eigenvalue weighted by Crippen LogP contribution is -2.28.